The fourth-order valence-electron chi connectivity index (χ4n) is 2.15. The van der Waals surface area contributed by atoms with Crippen LogP contribution in [0.2, 0.25) is 0 Å². The monoisotopic (exact) mass is 249 g/mol. The highest BCUT2D eigenvalue weighted by Crippen LogP contribution is 2.22. The van der Waals surface area contributed by atoms with E-state index in [9.17, 15) is 0 Å². The largest absolute Gasteiger partial charge is 0.378 e. The van der Waals surface area contributed by atoms with Crippen LogP contribution < -0.4 is 5.01 Å². The molecule has 4 nitrogen and oxygen atoms in total. The van der Waals surface area contributed by atoms with Gasteiger partial charge in [-0.1, -0.05) is 23.9 Å². The molecule has 0 radical (unpaired) electrons. The molecule has 0 atom stereocenters. The van der Waals surface area contributed by atoms with E-state index in [0.717, 1.165) is 37.0 Å². The van der Waals surface area contributed by atoms with E-state index >= 15 is 0 Å². The van der Waals surface area contributed by atoms with E-state index < -0.39 is 0 Å². The van der Waals surface area contributed by atoms with Crippen molar-refractivity contribution >= 4 is 22.8 Å². The maximum atomic E-state index is 5.40. The number of nitrogens with zero attached hydrogens (tertiary/aromatic N) is 3. The highest BCUT2D eigenvalue weighted by atomic mass is 32.2. The number of imidazole rings is 1. The van der Waals surface area contributed by atoms with Gasteiger partial charge < -0.3 is 9.75 Å². The van der Waals surface area contributed by atoms with Gasteiger partial charge in [0.1, 0.15) is 0 Å². The molecule has 2 aromatic rings. The molecule has 5 heteroatoms. The van der Waals surface area contributed by atoms with Crippen LogP contribution in [0.15, 0.2) is 29.4 Å². The Morgan fingerprint density at radius 2 is 2.00 bits per heavy atom. The number of para-hydroxylation sites is 2. The summed E-state index contributed by atoms with van der Waals surface area (Å²) in [6.07, 6.45) is 2.07. The van der Waals surface area contributed by atoms with Crippen molar-refractivity contribution < 1.29 is 4.74 Å². The Morgan fingerprint density at radius 1 is 1.24 bits per heavy atom. The molecule has 1 fully saturated rings. The fourth-order valence-corrected chi connectivity index (χ4v) is 2.73. The Hall–Kier alpha value is -1.20. The molecule has 0 unspecified atom stereocenters. The van der Waals surface area contributed by atoms with Gasteiger partial charge in [0.2, 0.25) is 0 Å². The molecular formula is C12H15N3OS. The number of hydrogen-bond donors (Lipinski definition) is 0. The van der Waals surface area contributed by atoms with Crippen molar-refractivity contribution in [1.29, 1.82) is 0 Å². The Labute approximate surface area is 105 Å². The zero-order valence-corrected chi connectivity index (χ0v) is 10.6. The second kappa shape index (κ2) is 4.58. The second-order valence-corrected chi connectivity index (χ2v) is 4.74. The van der Waals surface area contributed by atoms with Crippen molar-refractivity contribution in [2.45, 2.75) is 5.16 Å². The minimum atomic E-state index is 0.792. The Balaban J connectivity index is 2.11. The molecular weight excluding hydrogens is 234 g/mol. The lowest BCUT2D eigenvalue weighted by Gasteiger charge is -2.30. The van der Waals surface area contributed by atoms with Crippen LogP contribution >= 0.6 is 11.8 Å². The van der Waals surface area contributed by atoms with Crippen molar-refractivity contribution in [1.82, 2.24) is 9.66 Å². The second-order valence-electron chi connectivity index (χ2n) is 3.97. The Morgan fingerprint density at radius 3 is 2.76 bits per heavy atom. The molecule has 0 amide bonds. The molecule has 0 bridgehead atoms. The number of benzene rings is 1. The van der Waals surface area contributed by atoms with Crippen molar-refractivity contribution in [3.63, 3.8) is 0 Å². The van der Waals surface area contributed by atoms with Gasteiger partial charge >= 0.3 is 0 Å². The van der Waals surface area contributed by atoms with Gasteiger partial charge in [-0.2, -0.15) is 0 Å². The van der Waals surface area contributed by atoms with Gasteiger partial charge in [-0.3, -0.25) is 0 Å². The van der Waals surface area contributed by atoms with Gasteiger partial charge in [0, 0.05) is 0 Å². The molecule has 0 saturated carbocycles. The molecule has 0 spiro atoms. The molecule has 0 N–H and O–H groups in total. The van der Waals surface area contributed by atoms with E-state index in [4.69, 9.17) is 4.74 Å². The van der Waals surface area contributed by atoms with Crippen molar-refractivity contribution in [2.24, 2.45) is 0 Å². The predicted octanol–water partition coefficient (Wildman–Crippen LogP) is 1.73. The summed E-state index contributed by atoms with van der Waals surface area (Å²) in [5.41, 5.74) is 2.24. The summed E-state index contributed by atoms with van der Waals surface area (Å²) in [7, 11) is 0. The van der Waals surface area contributed by atoms with Crippen molar-refractivity contribution in [3.8, 4) is 0 Å². The van der Waals surface area contributed by atoms with Crippen LogP contribution in [0.4, 0.5) is 0 Å². The highest BCUT2D eigenvalue weighted by Gasteiger charge is 2.17. The Bertz CT molecular complexity index is 519. The smallest absolute Gasteiger partial charge is 0.187 e. The number of thioether (sulfide) groups is 1. The van der Waals surface area contributed by atoms with Gasteiger partial charge in [-0.15, -0.1) is 0 Å². The van der Waals surface area contributed by atoms with Crippen molar-refractivity contribution in [3.05, 3.63) is 24.3 Å². The zero-order valence-electron chi connectivity index (χ0n) is 9.80. The summed E-state index contributed by atoms with van der Waals surface area (Å²) in [6, 6.07) is 8.28. The lowest BCUT2D eigenvalue weighted by molar-refractivity contribution is 0.110. The number of rotatable bonds is 2. The molecule has 1 aliphatic rings. The third kappa shape index (κ3) is 1.89. The maximum absolute atomic E-state index is 5.40. The number of hydrogen-bond acceptors (Lipinski definition) is 4. The molecule has 3 rings (SSSR count). The van der Waals surface area contributed by atoms with Crippen LogP contribution in [0.5, 0.6) is 0 Å². The summed E-state index contributed by atoms with van der Waals surface area (Å²) < 4.78 is 7.63. The standard InChI is InChI=1S/C12H15N3OS/c1-17-12-13-10-4-2-3-5-11(10)15(12)14-6-8-16-9-7-14/h2-5H,6-9H2,1H3. The van der Waals surface area contributed by atoms with Gasteiger partial charge in [0.25, 0.3) is 0 Å². The molecule has 1 aliphatic heterocycles. The first-order valence-electron chi connectivity index (χ1n) is 5.74. The highest BCUT2D eigenvalue weighted by molar-refractivity contribution is 7.98. The molecule has 90 valence electrons. The number of ether oxygens (including phenoxy) is 1. The summed E-state index contributed by atoms with van der Waals surface area (Å²) in [5.74, 6) is 0. The fraction of sp³-hybridized carbons (Fsp3) is 0.417. The summed E-state index contributed by atoms with van der Waals surface area (Å²) in [4.78, 5) is 4.65. The normalized spacial score (nSPS) is 16.6. The number of aromatic nitrogens is 2. The molecule has 1 aromatic heterocycles. The van der Waals surface area contributed by atoms with Crippen LogP contribution in [-0.4, -0.2) is 42.2 Å². The van der Waals surface area contributed by atoms with Crippen LogP contribution in [0.25, 0.3) is 11.0 Å². The van der Waals surface area contributed by atoms with Crippen molar-refractivity contribution in [2.75, 3.05) is 37.6 Å². The molecule has 1 aromatic carbocycles. The minimum absolute atomic E-state index is 0.792. The first-order valence-corrected chi connectivity index (χ1v) is 6.97. The maximum Gasteiger partial charge on any atom is 0.187 e. The first-order chi connectivity index (χ1) is 8.40. The lowest BCUT2D eigenvalue weighted by Crippen LogP contribution is -2.44. The number of morpholine rings is 1. The zero-order chi connectivity index (χ0) is 11.7. The van der Waals surface area contributed by atoms with Gasteiger partial charge in [-0.25, -0.2) is 9.66 Å². The minimum Gasteiger partial charge on any atom is -0.378 e. The molecule has 2 heterocycles. The van der Waals surface area contributed by atoms with Gasteiger partial charge in [0.05, 0.1) is 37.3 Å². The molecule has 0 aliphatic carbocycles. The predicted molar refractivity (Wildman–Crippen MR) is 70.3 cm³/mol. The molecule has 1 saturated heterocycles. The summed E-state index contributed by atoms with van der Waals surface area (Å²) in [5, 5.41) is 3.36. The quantitative estimate of drug-likeness (QED) is 0.758. The average molecular weight is 249 g/mol. The van der Waals surface area contributed by atoms with E-state index in [1.165, 1.54) is 5.52 Å². The Kier molecular flexibility index (Phi) is 2.94. The van der Waals surface area contributed by atoms with E-state index in [1.54, 1.807) is 11.8 Å². The van der Waals surface area contributed by atoms with Gasteiger partial charge in [0.15, 0.2) is 5.16 Å². The average Bonchev–Trinajstić information content (AvgIpc) is 2.78. The third-order valence-corrected chi connectivity index (χ3v) is 3.59. The van der Waals surface area contributed by atoms with E-state index in [0.29, 0.717) is 0 Å². The first kappa shape index (κ1) is 10.9. The number of fused-ring (bicyclic) bond motifs is 1. The third-order valence-electron chi connectivity index (χ3n) is 2.96. The summed E-state index contributed by atoms with van der Waals surface area (Å²) >= 11 is 1.68. The van der Waals surface area contributed by atoms with Crippen LogP contribution in [0, 0.1) is 0 Å². The van der Waals surface area contributed by atoms with Crippen LogP contribution in [0.3, 0.4) is 0 Å². The topological polar surface area (TPSA) is 30.3 Å². The van der Waals surface area contributed by atoms with Crippen LogP contribution in [0.1, 0.15) is 0 Å². The SMILES string of the molecule is CSc1nc2ccccc2n1N1CCOCC1. The lowest BCUT2D eigenvalue weighted by atomic mass is 10.3. The summed E-state index contributed by atoms with van der Waals surface area (Å²) in [6.45, 7) is 3.43. The van der Waals surface area contributed by atoms with E-state index in [-0.39, 0.29) is 0 Å². The van der Waals surface area contributed by atoms with E-state index in [1.807, 2.05) is 6.07 Å². The van der Waals surface area contributed by atoms with Crippen LogP contribution in [-0.2, 0) is 4.74 Å². The van der Waals surface area contributed by atoms with Gasteiger partial charge in [-0.05, 0) is 18.4 Å². The van der Waals surface area contributed by atoms with E-state index in [2.05, 4.69) is 39.1 Å². The molecule has 17 heavy (non-hydrogen) atoms.